The van der Waals surface area contributed by atoms with Gasteiger partial charge in [0.2, 0.25) is 5.91 Å². The van der Waals surface area contributed by atoms with Crippen molar-refractivity contribution < 1.29 is 9.59 Å². The highest BCUT2D eigenvalue weighted by Crippen LogP contribution is 2.32. The lowest BCUT2D eigenvalue weighted by molar-refractivity contribution is -0.117. The third-order valence-electron chi connectivity index (χ3n) is 5.13. The van der Waals surface area contributed by atoms with Gasteiger partial charge in [-0.3, -0.25) is 9.59 Å². The minimum atomic E-state index is -0.592. The van der Waals surface area contributed by atoms with Crippen LogP contribution < -0.4 is 16.0 Å². The molecular weight excluding hydrogens is 435 g/mol. The number of amides is 2. The van der Waals surface area contributed by atoms with Crippen molar-refractivity contribution in [3.8, 4) is 11.3 Å². The van der Waals surface area contributed by atoms with Gasteiger partial charge in [-0.15, -0.1) is 0 Å². The van der Waals surface area contributed by atoms with Crippen LogP contribution in [0, 0.1) is 0 Å². The van der Waals surface area contributed by atoms with Gasteiger partial charge in [0.25, 0.3) is 5.91 Å². The Morgan fingerprint density at radius 2 is 1.94 bits per heavy atom. The van der Waals surface area contributed by atoms with Crippen LogP contribution in [0.2, 0.25) is 10.0 Å². The van der Waals surface area contributed by atoms with Crippen LogP contribution in [0.15, 0.2) is 54.6 Å². The molecule has 2 amide bonds. The van der Waals surface area contributed by atoms with Crippen LogP contribution in [-0.4, -0.2) is 29.9 Å². The molecule has 1 aliphatic heterocycles. The van der Waals surface area contributed by atoms with Crippen molar-refractivity contribution in [3.05, 3.63) is 81.3 Å². The van der Waals surface area contributed by atoms with Crippen LogP contribution in [0.1, 0.15) is 21.5 Å². The van der Waals surface area contributed by atoms with Crippen molar-refractivity contribution in [3.63, 3.8) is 0 Å². The second-order valence-corrected chi connectivity index (χ2v) is 8.16. The lowest BCUT2D eigenvalue weighted by Crippen LogP contribution is -2.33. The Morgan fingerprint density at radius 3 is 2.71 bits per heavy atom. The van der Waals surface area contributed by atoms with E-state index in [-0.39, 0.29) is 12.5 Å². The van der Waals surface area contributed by atoms with Crippen molar-refractivity contribution in [2.75, 3.05) is 18.0 Å². The van der Waals surface area contributed by atoms with E-state index in [0.29, 0.717) is 22.2 Å². The highest BCUT2D eigenvalue weighted by atomic mass is 35.5. The summed E-state index contributed by atoms with van der Waals surface area (Å²) in [4.78, 5) is 30.2. The van der Waals surface area contributed by atoms with E-state index in [9.17, 15) is 9.59 Å². The molecule has 4 rings (SSSR count). The van der Waals surface area contributed by atoms with Gasteiger partial charge in [0.15, 0.2) is 0 Å². The number of hydrogen-bond acceptors (Lipinski definition) is 4. The molecule has 6 nitrogen and oxygen atoms in total. The monoisotopic (exact) mass is 454 g/mol. The number of anilines is 1. The largest absolute Gasteiger partial charge is 0.368 e. The maximum Gasteiger partial charge on any atom is 0.251 e. The van der Waals surface area contributed by atoms with Gasteiger partial charge in [0.05, 0.1) is 12.2 Å². The Balaban J connectivity index is 1.58. The molecule has 8 heteroatoms. The van der Waals surface area contributed by atoms with Gasteiger partial charge in [0, 0.05) is 34.3 Å². The fourth-order valence-electron chi connectivity index (χ4n) is 3.57. The molecule has 0 spiro atoms. The second kappa shape index (κ2) is 8.96. The highest BCUT2D eigenvalue weighted by Gasteiger charge is 2.22. The first-order valence-corrected chi connectivity index (χ1v) is 10.5. The number of fused-ring (bicyclic) bond motifs is 1. The number of pyridine rings is 1. The predicted octanol–water partition coefficient (Wildman–Crippen LogP) is 3.83. The quantitative estimate of drug-likeness (QED) is 0.592. The summed E-state index contributed by atoms with van der Waals surface area (Å²) in [5.74, 6) is -0.0430. The lowest BCUT2D eigenvalue weighted by Gasteiger charge is -2.20. The minimum Gasteiger partial charge on any atom is -0.368 e. The topological polar surface area (TPSA) is 88.3 Å². The molecule has 3 N–H and O–H groups in total. The van der Waals surface area contributed by atoms with Gasteiger partial charge >= 0.3 is 0 Å². The van der Waals surface area contributed by atoms with E-state index in [1.54, 1.807) is 24.3 Å². The van der Waals surface area contributed by atoms with E-state index >= 15 is 0 Å². The van der Waals surface area contributed by atoms with Gasteiger partial charge in [-0.2, -0.15) is 0 Å². The summed E-state index contributed by atoms with van der Waals surface area (Å²) < 4.78 is 0. The SMILES string of the molecule is NC(=O)CNC(=O)c1cccc(-c2ccc3c(n2)N(Cc2ccc(Cl)cc2Cl)CC3)c1. The molecule has 2 aromatic carbocycles. The first-order valence-electron chi connectivity index (χ1n) is 9.76. The number of nitrogens with zero attached hydrogens (tertiary/aromatic N) is 2. The Labute approximate surface area is 190 Å². The van der Waals surface area contributed by atoms with E-state index in [1.165, 1.54) is 5.56 Å². The number of primary amides is 1. The number of carbonyl (C=O) groups excluding carboxylic acids is 2. The van der Waals surface area contributed by atoms with Gasteiger partial charge < -0.3 is 16.0 Å². The summed E-state index contributed by atoms with van der Waals surface area (Å²) in [6.07, 6.45) is 0.906. The zero-order valence-corrected chi connectivity index (χ0v) is 18.1. The molecule has 1 aromatic heterocycles. The van der Waals surface area contributed by atoms with Crippen molar-refractivity contribution in [2.24, 2.45) is 5.73 Å². The average molecular weight is 455 g/mol. The second-order valence-electron chi connectivity index (χ2n) is 7.32. The van der Waals surface area contributed by atoms with Crippen molar-refractivity contribution in [1.82, 2.24) is 10.3 Å². The van der Waals surface area contributed by atoms with Crippen molar-refractivity contribution >= 4 is 40.8 Å². The molecule has 0 unspecified atom stereocenters. The minimum absolute atomic E-state index is 0.206. The number of hydrogen-bond donors (Lipinski definition) is 2. The molecule has 31 heavy (non-hydrogen) atoms. The Hall–Kier alpha value is -3.09. The molecule has 0 fully saturated rings. The summed E-state index contributed by atoms with van der Waals surface area (Å²) in [6.45, 7) is 1.28. The number of aromatic nitrogens is 1. The molecule has 0 radical (unpaired) electrons. The number of carbonyl (C=O) groups is 2. The molecule has 0 aliphatic carbocycles. The Kier molecular flexibility index (Phi) is 6.11. The molecule has 2 heterocycles. The summed E-state index contributed by atoms with van der Waals surface area (Å²) >= 11 is 12.4. The molecule has 0 saturated heterocycles. The van der Waals surface area contributed by atoms with Gasteiger partial charge in [-0.1, -0.05) is 47.5 Å². The van der Waals surface area contributed by atoms with Crippen LogP contribution >= 0.6 is 23.2 Å². The fourth-order valence-corrected chi connectivity index (χ4v) is 4.04. The molecule has 3 aromatic rings. The average Bonchev–Trinajstić information content (AvgIpc) is 3.16. The molecule has 0 atom stereocenters. The van der Waals surface area contributed by atoms with Crippen LogP contribution in [-0.2, 0) is 17.8 Å². The van der Waals surface area contributed by atoms with Crippen molar-refractivity contribution in [2.45, 2.75) is 13.0 Å². The number of nitrogens with two attached hydrogens (primary N) is 1. The maximum absolute atomic E-state index is 12.3. The molecule has 0 saturated carbocycles. The number of halogens is 2. The predicted molar refractivity (Wildman–Crippen MR) is 122 cm³/mol. The van der Waals surface area contributed by atoms with E-state index in [4.69, 9.17) is 33.9 Å². The summed E-state index contributed by atoms with van der Waals surface area (Å²) in [6, 6.07) is 16.7. The smallest absolute Gasteiger partial charge is 0.251 e. The normalized spacial score (nSPS) is 12.5. The third-order valence-corrected chi connectivity index (χ3v) is 5.71. The molecule has 158 valence electrons. The first-order chi connectivity index (χ1) is 14.9. The number of rotatable bonds is 6. The fraction of sp³-hybridized carbons (Fsp3) is 0.174. The van der Waals surface area contributed by atoms with Crippen LogP contribution in [0.25, 0.3) is 11.3 Å². The first kappa shape index (κ1) is 21.2. The molecular formula is C23H20Cl2N4O2. The van der Waals surface area contributed by atoms with E-state index in [2.05, 4.69) is 16.3 Å². The maximum atomic E-state index is 12.3. The standard InChI is InChI=1S/C23H20Cl2N4O2/c24-18-6-4-17(19(25)11-18)13-29-9-8-14-5-7-20(28-22(14)29)15-2-1-3-16(10-15)23(31)27-12-21(26)30/h1-7,10-11H,8-9,12-13H2,(H2,26,30)(H,27,31). The lowest BCUT2D eigenvalue weighted by atomic mass is 10.1. The zero-order chi connectivity index (χ0) is 22.0. The summed E-state index contributed by atoms with van der Waals surface area (Å²) in [5, 5.41) is 3.74. The Bertz CT molecular complexity index is 1170. The van der Waals surface area contributed by atoms with Gasteiger partial charge in [-0.05, 0) is 47.9 Å². The highest BCUT2D eigenvalue weighted by molar-refractivity contribution is 6.35. The third kappa shape index (κ3) is 4.81. The van der Waals surface area contributed by atoms with Gasteiger partial charge in [-0.25, -0.2) is 4.98 Å². The number of nitrogens with one attached hydrogen (secondary N) is 1. The molecule has 1 aliphatic rings. The van der Waals surface area contributed by atoms with Gasteiger partial charge in [0.1, 0.15) is 5.82 Å². The van der Waals surface area contributed by atoms with E-state index in [0.717, 1.165) is 35.6 Å². The van der Waals surface area contributed by atoms with Crippen LogP contribution in [0.4, 0.5) is 5.82 Å². The van der Waals surface area contributed by atoms with E-state index in [1.807, 2.05) is 24.3 Å². The Morgan fingerprint density at radius 1 is 1.10 bits per heavy atom. The summed E-state index contributed by atoms with van der Waals surface area (Å²) in [7, 11) is 0. The van der Waals surface area contributed by atoms with Crippen molar-refractivity contribution in [1.29, 1.82) is 0 Å². The van der Waals surface area contributed by atoms with E-state index < -0.39 is 5.91 Å². The van der Waals surface area contributed by atoms with Crippen LogP contribution in [0.3, 0.4) is 0 Å². The molecule has 0 bridgehead atoms. The van der Waals surface area contributed by atoms with Crippen LogP contribution in [0.5, 0.6) is 0 Å². The zero-order valence-electron chi connectivity index (χ0n) is 16.6. The number of benzene rings is 2. The summed E-state index contributed by atoms with van der Waals surface area (Å²) in [5.41, 5.74) is 9.26.